The maximum Gasteiger partial charge on any atom is 0.272 e. The molecule has 9 heteroatoms. The van der Waals surface area contributed by atoms with E-state index in [1.807, 2.05) is 36.1 Å². The summed E-state index contributed by atoms with van der Waals surface area (Å²) in [5.41, 5.74) is 5.87. The molecule has 8 nitrogen and oxygen atoms in total. The first-order chi connectivity index (χ1) is 17.9. The van der Waals surface area contributed by atoms with E-state index in [4.69, 9.17) is 16.1 Å². The van der Waals surface area contributed by atoms with Gasteiger partial charge in [-0.15, -0.1) is 0 Å². The lowest BCUT2D eigenvalue weighted by atomic mass is 10.0. The third-order valence-electron chi connectivity index (χ3n) is 6.67. The summed E-state index contributed by atoms with van der Waals surface area (Å²) in [4.78, 5) is 28.4. The molecule has 1 aliphatic rings. The fourth-order valence-electron chi connectivity index (χ4n) is 4.66. The standard InChI is InChI=1S/C28H26FN5O3/c1-17-12-24(28(36)33(3)10-11-35)32-15-21(17)26-14-23-27(37-26)20(6-8-31-23)18-4-5-25(22(13-18)30-2)34-9-7-19(29)16-34/h4-6,8,12-15,19,35H,7,9-11,16H2,1,3H3/t19-/m0/s1. The predicted molar refractivity (Wildman–Crippen MR) is 139 cm³/mol. The Kier molecular flexibility index (Phi) is 6.59. The first-order valence-corrected chi connectivity index (χ1v) is 12.0. The van der Waals surface area contributed by atoms with Gasteiger partial charge in [0.2, 0.25) is 5.69 Å². The Bertz CT molecular complexity index is 1530. The van der Waals surface area contributed by atoms with Gasteiger partial charge in [0.15, 0.2) is 5.58 Å². The molecular formula is C28H26FN5O3. The Morgan fingerprint density at radius 1 is 1.27 bits per heavy atom. The molecule has 0 unspecified atom stereocenters. The number of nitrogens with zero attached hydrogens (tertiary/aromatic N) is 5. The predicted octanol–water partition coefficient (Wildman–Crippen LogP) is 5.03. The Balaban J connectivity index is 1.50. The van der Waals surface area contributed by atoms with E-state index in [9.17, 15) is 9.18 Å². The highest BCUT2D eigenvalue weighted by atomic mass is 19.1. The molecule has 1 fully saturated rings. The number of aliphatic hydroxyl groups is 1. The number of carbonyl (C=O) groups is 1. The van der Waals surface area contributed by atoms with Crippen molar-refractivity contribution < 1.29 is 18.7 Å². The minimum Gasteiger partial charge on any atom is -0.454 e. The number of hydrogen-bond donors (Lipinski definition) is 1. The van der Waals surface area contributed by atoms with Gasteiger partial charge in [-0.25, -0.2) is 9.24 Å². The lowest BCUT2D eigenvalue weighted by Gasteiger charge is -2.20. The second-order valence-corrected chi connectivity index (χ2v) is 9.17. The molecule has 0 radical (unpaired) electrons. The average molecular weight is 500 g/mol. The number of fused-ring (bicyclic) bond motifs is 1. The Hall–Kier alpha value is -4.29. The number of alkyl halides is 1. The van der Waals surface area contributed by atoms with E-state index in [1.165, 1.54) is 4.90 Å². The van der Waals surface area contributed by atoms with Crippen molar-refractivity contribution in [1.29, 1.82) is 0 Å². The molecule has 5 rings (SSSR count). The van der Waals surface area contributed by atoms with Gasteiger partial charge in [0.1, 0.15) is 23.1 Å². The molecule has 4 heterocycles. The number of amides is 1. The van der Waals surface area contributed by atoms with Gasteiger partial charge in [0, 0.05) is 62.0 Å². The van der Waals surface area contributed by atoms with Crippen LogP contribution in [0.3, 0.4) is 0 Å². The summed E-state index contributed by atoms with van der Waals surface area (Å²) in [6.45, 7) is 10.6. The maximum absolute atomic E-state index is 13.7. The van der Waals surface area contributed by atoms with E-state index in [0.29, 0.717) is 42.1 Å². The molecule has 37 heavy (non-hydrogen) atoms. The van der Waals surface area contributed by atoms with Crippen LogP contribution >= 0.6 is 0 Å². The molecule has 4 aromatic rings. The van der Waals surface area contributed by atoms with Crippen molar-refractivity contribution in [3.63, 3.8) is 0 Å². The number of halogens is 1. The third-order valence-corrected chi connectivity index (χ3v) is 6.67. The number of pyridine rings is 2. The minimum absolute atomic E-state index is 0.121. The average Bonchev–Trinajstić information content (AvgIpc) is 3.54. The first-order valence-electron chi connectivity index (χ1n) is 12.0. The smallest absolute Gasteiger partial charge is 0.272 e. The number of furan rings is 1. The number of aliphatic hydroxyl groups excluding tert-OH is 1. The summed E-state index contributed by atoms with van der Waals surface area (Å²) in [5, 5.41) is 9.09. The van der Waals surface area contributed by atoms with E-state index in [1.54, 1.807) is 31.6 Å². The quantitative estimate of drug-likeness (QED) is 0.375. The molecule has 1 saturated heterocycles. The molecule has 0 aliphatic carbocycles. The van der Waals surface area contributed by atoms with Crippen LogP contribution in [0.25, 0.3) is 38.4 Å². The fraction of sp³-hybridized carbons (Fsp3) is 0.286. The van der Waals surface area contributed by atoms with Crippen LogP contribution in [0.5, 0.6) is 0 Å². The van der Waals surface area contributed by atoms with Crippen molar-refractivity contribution in [1.82, 2.24) is 14.9 Å². The number of aromatic nitrogens is 2. The number of rotatable bonds is 6. The van der Waals surface area contributed by atoms with Crippen molar-refractivity contribution in [2.24, 2.45) is 0 Å². The van der Waals surface area contributed by atoms with Gasteiger partial charge in [0.25, 0.3) is 5.91 Å². The molecule has 0 spiro atoms. The molecule has 1 N–H and O–H groups in total. The van der Waals surface area contributed by atoms with Crippen molar-refractivity contribution >= 4 is 28.4 Å². The van der Waals surface area contributed by atoms with Crippen molar-refractivity contribution in [2.75, 3.05) is 38.2 Å². The van der Waals surface area contributed by atoms with Gasteiger partial charge in [-0.3, -0.25) is 14.8 Å². The monoisotopic (exact) mass is 499 g/mol. The minimum atomic E-state index is -0.869. The highest BCUT2D eigenvalue weighted by molar-refractivity contribution is 5.95. The largest absolute Gasteiger partial charge is 0.454 e. The van der Waals surface area contributed by atoms with E-state index < -0.39 is 6.17 Å². The summed E-state index contributed by atoms with van der Waals surface area (Å²) >= 11 is 0. The van der Waals surface area contributed by atoms with Crippen molar-refractivity contribution in [3.8, 4) is 22.5 Å². The zero-order chi connectivity index (χ0) is 26.1. The van der Waals surface area contributed by atoms with E-state index in [-0.39, 0.29) is 24.8 Å². The summed E-state index contributed by atoms with van der Waals surface area (Å²) in [5.74, 6) is 0.294. The van der Waals surface area contributed by atoms with Crippen LogP contribution in [0.4, 0.5) is 15.8 Å². The first kappa shape index (κ1) is 24.4. The molecule has 1 atom stereocenters. The normalized spacial score (nSPS) is 15.2. The van der Waals surface area contributed by atoms with Crippen LogP contribution in [0.15, 0.2) is 53.2 Å². The number of anilines is 1. The lowest BCUT2D eigenvalue weighted by molar-refractivity contribution is 0.0761. The topological polar surface area (TPSA) is 87.1 Å². The highest BCUT2D eigenvalue weighted by Crippen LogP contribution is 2.39. The Labute approximate surface area is 213 Å². The van der Waals surface area contributed by atoms with Crippen LogP contribution in [0.1, 0.15) is 22.5 Å². The van der Waals surface area contributed by atoms with Gasteiger partial charge < -0.3 is 19.3 Å². The Morgan fingerprint density at radius 3 is 2.81 bits per heavy atom. The molecule has 0 saturated carbocycles. The SMILES string of the molecule is [C-]#[N+]c1cc(-c2ccnc3cc(-c4cnc(C(=O)N(C)CCO)cc4C)oc23)ccc1N1CC[C@H](F)C1. The number of carbonyl (C=O) groups excluding carboxylic acids is 1. The number of benzene rings is 1. The molecule has 1 aromatic carbocycles. The lowest BCUT2D eigenvalue weighted by Crippen LogP contribution is -2.30. The van der Waals surface area contributed by atoms with Crippen LogP contribution < -0.4 is 4.90 Å². The summed E-state index contributed by atoms with van der Waals surface area (Å²) in [6, 6.07) is 11.0. The van der Waals surface area contributed by atoms with E-state index in [2.05, 4.69) is 14.8 Å². The van der Waals surface area contributed by atoms with Gasteiger partial charge in [0.05, 0.1) is 13.2 Å². The number of likely N-dealkylation sites (N-methyl/N-ethyl adjacent to an activating group) is 1. The summed E-state index contributed by atoms with van der Waals surface area (Å²) < 4.78 is 20.0. The van der Waals surface area contributed by atoms with Gasteiger partial charge in [-0.1, -0.05) is 6.07 Å². The molecule has 0 bridgehead atoms. The van der Waals surface area contributed by atoms with Gasteiger partial charge in [-0.2, -0.15) is 0 Å². The van der Waals surface area contributed by atoms with Crippen LogP contribution in [-0.2, 0) is 0 Å². The molecule has 188 valence electrons. The highest BCUT2D eigenvalue weighted by Gasteiger charge is 2.24. The second kappa shape index (κ2) is 9.99. The maximum atomic E-state index is 13.7. The third kappa shape index (κ3) is 4.63. The molecular weight excluding hydrogens is 473 g/mol. The fourth-order valence-corrected chi connectivity index (χ4v) is 4.66. The zero-order valence-electron chi connectivity index (χ0n) is 20.6. The Morgan fingerprint density at radius 2 is 2.11 bits per heavy atom. The van der Waals surface area contributed by atoms with Crippen LogP contribution in [-0.4, -0.2) is 65.3 Å². The molecule has 3 aromatic heterocycles. The van der Waals surface area contributed by atoms with Crippen LogP contribution in [0, 0.1) is 13.5 Å². The number of aryl methyl sites for hydroxylation is 1. The van der Waals surface area contributed by atoms with Crippen molar-refractivity contribution in [3.05, 3.63) is 71.5 Å². The summed E-state index contributed by atoms with van der Waals surface area (Å²) in [7, 11) is 1.62. The molecule has 1 aliphatic heterocycles. The molecule has 1 amide bonds. The van der Waals surface area contributed by atoms with E-state index >= 15 is 0 Å². The summed E-state index contributed by atoms with van der Waals surface area (Å²) in [6.07, 6.45) is 2.90. The van der Waals surface area contributed by atoms with Crippen molar-refractivity contribution in [2.45, 2.75) is 19.5 Å². The van der Waals surface area contributed by atoms with Gasteiger partial charge in [-0.05, 0) is 48.7 Å². The van der Waals surface area contributed by atoms with E-state index in [0.717, 1.165) is 27.9 Å². The van der Waals surface area contributed by atoms with Crippen LogP contribution in [0.2, 0.25) is 0 Å². The number of hydrogen-bond acceptors (Lipinski definition) is 6. The van der Waals surface area contributed by atoms with Gasteiger partial charge >= 0.3 is 0 Å². The zero-order valence-corrected chi connectivity index (χ0v) is 20.6. The second-order valence-electron chi connectivity index (χ2n) is 9.17.